The summed E-state index contributed by atoms with van der Waals surface area (Å²) in [5.41, 5.74) is 5.47. The number of aromatic nitrogens is 3. The van der Waals surface area contributed by atoms with Gasteiger partial charge in [0.25, 0.3) is 0 Å². The molecular formula is C13H15F2N5O. The quantitative estimate of drug-likeness (QED) is 0.924. The van der Waals surface area contributed by atoms with Crippen LogP contribution in [0, 0.1) is 11.6 Å². The molecule has 2 N–H and O–H groups in total. The largest absolute Gasteiger partial charge is 0.367 e. The molecule has 0 aliphatic carbocycles. The highest BCUT2D eigenvalue weighted by atomic mass is 19.1. The Labute approximate surface area is 120 Å². The van der Waals surface area contributed by atoms with Crippen molar-refractivity contribution in [3.63, 3.8) is 0 Å². The lowest BCUT2D eigenvalue weighted by molar-refractivity contribution is -0.132. The van der Waals surface area contributed by atoms with Gasteiger partial charge in [-0.1, -0.05) is 0 Å². The zero-order valence-corrected chi connectivity index (χ0v) is 11.6. The number of nitrogen functional groups attached to an aromatic ring is 1. The highest BCUT2D eigenvalue weighted by Gasteiger charge is 2.21. The van der Waals surface area contributed by atoms with Crippen molar-refractivity contribution < 1.29 is 13.6 Å². The number of hydrogen-bond donors (Lipinski definition) is 1. The first-order valence-electron chi connectivity index (χ1n) is 6.24. The number of halogens is 2. The second kappa shape index (κ2) is 5.86. The normalized spacial score (nSPS) is 12.2. The zero-order valence-electron chi connectivity index (χ0n) is 11.6. The zero-order chi connectivity index (χ0) is 15.6. The van der Waals surface area contributed by atoms with Crippen LogP contribution in [0.4, 0.5) is 14.7 Å². The molecule has 0 saturated heterocycles. The van der Waals surface area contributed by atoms with Gasteiger partial charge in [0.05, 0.1) is 6.04 Å². The van der Waals surface area contributed by atoms with Crippen molar-refractivity contribution in [3.8, 4) is 0 Å². The van der Waals surface area contributed by atoms with Gasteiger partial charge in [0.1, 0.15) is 24.5 Å². The lowest BCUT2D eigenvalue weighted by Gasteiger charge is -2.25. The fraction of sp³-hybridized carbons (Fsp3) is 0.308. The van der Waals surface area contributed by atoms with Gasteiger partial charge in [0.2, 0.25) is 11.9 Å². The van der Waals surface area contributed by atoms with Crippen molar-refractivity contribution in [3.05, 3.63) is 41.7 Å². The van der Waals surface area contributed by atoms with Crippen LogP contribution in [0.3, 0.4) is 0 Å². The van der Waals surface area contributed by atoms with Crippen LogP contribution >= 0.6 is 0 Å². The van der Waals surface area contributed by atoms with Crippen molar-refractivity contribution in [2.45, 2.75) is 19.5 Å². The molecule has 1 unspecified atom stereocenters. The second-order valence-corrected chi connectivity index (χ2v) is 4.65. The van der Waals surface area contributed by atoms with Crippen LogP contribution in [-0.4, -0.2) is 32.6 Å². The van der Waals surface area contributed by atoms with Crippen LogP contribution in [0.25, 0.3) is 0 Å². The summed E-state index contributed by atoms with van der Waals surface area (Å²) in [6, 6.07) is 2.54. The third-order valence-electron chi connectivity index (χ3n) is 3.23. The SMILES string of the molecule is CC(c1cc(F)ccc1F)N(C)C(=O)Cn1cnc(N)n1. The Morgan fingerprint density at radius 2 is 2.19 bits per heavy atom. The molecule has 0 fully saturated rings. The summed E-state index contributed by atoms with van der Waals surface area (Å²) < 4.78 is 28.2. The number of benzene rings is 1. The molecule has 0 aliphatic rings. The summed E-state index contributed by atoms with van der Waals surface area (Å²) in [6.45, 7) is 1.54. The highest BCUT2D eigenvalue weighted by Crippen LogP contribution is 2.23. The molecule has 112 valence electrons. The predicted molar refractivity (Wildman–Crippen MR) is 72.0 cm³/mol. The minimum Gasteiger partial charge on any atom is -0.367 e. The van der Waals surface area contributed by atoms with E-state index in [1.165, 1.54) is 23.0 Å². The van der Waals surface area contributed by atoms with Gasteiger partial charge < -0.3 is 10.6 Å². The van der Waals surface area contributed by atoms with Gasteiger partial charge in [-0.25, -0.2) is 18.4 Å². The predicted octanol–water partition coefficient (Wildman–Crippen LogP) is 1.36. The average molecular weight is 295 g/mol. The minimum atomic E-state index is -0.617. The summed E-state index contributed by atoms with van der Waals surface area (Å²) in [5.74, 6) is -1.37. The van der Waals surface area contributed by atoms with Gasteiger partial charge in [-0.2, -0.15) is 0 Å². The number of carbonyl (C=O) groups is 1. The molecule has 21 heavy (non-hydrogen) atoms. The number of amides is 1. The van der Waals surface area contributed by atoms with Crippen LogP contribution in [0.1, 0.15) is 18.5 Å². The lowest BCUT2D eigenvalue weighted by Crippen LogP contribution is -2.33. The second-order valence-electron chi connectivity index (χ2n) is 4.65. The van der Waals surface area contributed by atoms with Crippen LogP contribution in [-0.2, 0) is 11.3 Å². The van der Waals surface area contributed by atoms with Gasteiger partial charge in [-0.15, -0.1) is 5.10 Å². The third-order valence-corrected chi connectivity index (χ3v) is 3.23. The Bertz CT molecular complexity index is 658. The van der Waals surface area contributed by atoms with Crippen LogP contribution < -0.4 is 5.73 Å². The smallest absolute Gasteiger partial charge is 0.244 e. The van der Waals surface area contributed by atoms with Crippen LogP contribution in [0.5, 0.6) is 0 Å². The first kappa shape index (κ1) is 14.9. The fourth-order valence-corrected chi connectivity index (χ4v) is 1.89. The molecule has 0 aliphatic heterocycles. The number of rotatable bonds is 4. The maximum absolute atomic E-state index is 13.7. The van der Waals surface area contributed by atoms with E-state index in [1.807, 2.05) is 0 Å². The lowest BCUT2D eigenvalue weighted by atomic mass is 10.1. The number of hydrogen-bond acceptors (Lipinski definition) is 4. The Balaban J connectivity index is 2.12. The molecule has 1 amide bonds. The van der Waals surface area contributed by atoms with E-state index in [0.717, 1.165) is 18.2 Å². The van der Waals surface area contributed by atoms with E-state index in [4.69, 9.17) is 5.73 Å². The van der Waals surface area contributed by atoms with E-state index in [1.54, 1.807) is 6.92 Å². The number of likely N-dealkylation sites (N-methyl/N-ethyl adjacent to an activating group) is 1. The Morgan fingerprint density at radius 1 is 1.48 bits per heavy atom. The molecule has 2 aromatic rings. The molecule has 6 nitrogen and oxygen atoms in total. The molecular weight excluding hydrogens is 280 g/mol. The monoisotopic (exact) mass is 295 g/mol. The Hall–Kier alpha value is -2.51. The van der Waals surface area contributed by atoms with Crippen molar-refractivity contribution in [1.29, 1.82) is 0 Å². The first-order chi connectivity index (χ1) is 9.88. The van der Waals surface area contributed by atoms with Crippen LogP contribution in [0.15, 0.2) is 24.5 Å². The molecule has 1 atom stereocenters. The van der Waals surface area contributed by atoms with Gasteiger partial charge in [0, 0.05) is 12.6 Å². The molecule has 0 saturated carbocycles. The first-order valence-corrected chi connectivity index (χ1v) is 6.24. The van der Waals surface area contributed by atoms with Crippen molar-refractivity contribution in [2.24, 2.45) is 0 Å². The van der Waals surface area contributed by atoms with Gasteiger partial charge in [0.15, 0.2) is 0 Å². The van der Waals surface area contributed by atoms with Gasteiger partial charge in [-0.3, -0.25) is 4.79 Å². The molecule has 1 aromatic carbocycles. The van der Waals surface area contributed by atoms with Crippen molar-refractivity contribution >= 4 is 11.9 Å². The van der Waals surface area contributed by atoms with E-state index < -0.39 is 17.7 Å². The molecule has 8 heteroatoms. The van der Waals surface area contributed by atoms with E-state index >= 15 is 0 Å². The Morgan fingerprint density at radius 3 is 2.81 bits per heavy atom. The van der Waals surface area contributed by atoms with Gasteiger partial charge in [-0.05, 0) is 25.1 Å². The molecule has 0 radical (unpaired) electrons. The maximum atomic E-state index is 13.7. The van der Waals surface area contributed by atoms with E-state index in [0.29, 0.717) is 0 Å². The summed E-state index contributed by atoms with van der Waals surface area (Å²) >= 11 is 0. The number of nitrogens with zero attached hydrogens (tertiary/aromatic N) is 4. The number of nitrogens with two attached hydrogens (primary N) is 1. The molecule has 0 bridgehead atoms. The van der Waals surface area contributed by atoms with Crippen molar-refractivity contribution in [1.82, 2.24) is 19.7 Å². The standard InChI is InChI=1S/C13H15F2N5O/c1-8(10-5-9(14)3-4-11(10)15)19(2)12(21)6-20-7-17-13(16)18-20/h3-5,7-8H,6H2,1-2H3,(H2,16,18). The summed E-state index contributed by atoms with van der Waals surface area (Å²) in [6.07, 6.45) is 1.33. The summed E-state index contributed by atoms with van der Waals surface area (Å²) in [4.78, 5) is 17.1. The van der Waals surface area contributed by atoms with Crippen molar-refractivity contribution in [2.75, 3.05) is 12.8 Å². The number of carbonyl (C=O) groups excluding carboxylic acids is 1. The van der Waals surface area contributed by atoms with Gasteiger partial charge >= 0.3 is 0 Å². The summed E-state index contributed by atoms with van der Waals surface area (Å²) in [5, 5.41) is 3.80. The number of anilines is 1. The summed E-state index contributed by atoms with van der Waals surface area (Å²) in [7, 11) is 1.51. The van der Waals surface area contributed by atoms with Crippen LogP contribution in [0.2, 0.25) is 0 Å². The maximum Gasteiger partial charge on any atom is 0.244 e. The minimum absolute atomic E-state index is 0.0645. The molecule has 1 aromatic heterocycles. The average Bonchev–Trinajstić information content (AvgIpc) is 2.85. The Kier molecular flexibility index (Phi) is 4.15. The van der Waals surface area contributed by atoms with E-state index in [9.17, 15) is 13.6 Å². The third kappa shape index (κ3) is 3.33. The highest BCUT2D eigenvalue weighted by molar-refractivity contribution is 5.76. The molecule has 1 heterocycles. The van der Waals surface area contributed by atoms with E-state index in [-0.39, 0.29) is 24.0 Å². The topological polar surface area (TPSA) is 77.0 Å². The molecule has 0 spiro atoms. The van der Waals surface area contributed by atoms with E-state index in [2.05, 4.69) is 10.1 Å². The molecule has 2 rings (SSSR count). The fourth-order valence-electron chi connectivity index (χ4n) is 1.89.